The van der Waals surface area contributed by atoms with Crippen LogP contribution in [0.4, 0.5) is 0 Å². The molecule has 2 aliphatic rings. The van der Waals surface area contributed by atoms with Crippen LogP contribution in [0, 0.1) is 5.92 Å². The molecule has 0 aliphatic carbocycles. The lowest BCUT2D eigenvalue weighted by atomic mass is 10.0. The number of ether oxygens (including phenoxy) is 1. The molecule has 0 aromatic carbocycles. The van der Waals surface area contributed by atoms with Gasteiger partial charge < -0.3 is 15.4 Å². The zero-order chi connectivity index (χ0) is 11.4. The molecule has 5 heteroatoms. The quantitative estimate of drug-likeness (QED) is 0.661. The Bertz CT molecular complexity index is 201. The van der Waals surface area contributed by atoms with E-state index in [9.17, 15) is 0 Å². The van der Waals surface area contributed by atoms with Gasteiger partial charge in [0.15, 0.2) is 0 Å². The fraction of sp³-hybridized carbons (Fsp3) is 1.00. The molecule has 2 rings (SSSR count). The van der Waals surface area contributed by atoms with E-state index in [4.69, 9.17) is 4.74 Å². The fourth-order valence-electron chi connectivity index (χ4n) is 2.03. The van der Waals surface area contributed by atoms with Gasteiger partial charge in [-0.05, 0) is 5.92 Å². The van der Waals surface area contributed by atoms with Crippen molar-refractivity contribution < 1.29 is 4.74 Å². The summed E-state index contributed by atoms with van der Waals surface area (Å²) in [7, 11) is 0. The lowest BCUT2D eigenvalue weighted by molar-refractivity contribution is 0.00358. The maximum absolute atomic E-state index is 5.85. The molecule has 2 heterocycles. The minimum absolute atomic E-state index is 0.183. The van der Waals surface area contributed by atoms with Gasteiger partial charge in [0.05, 0.1) is 6.61 Å². The van der Waals surface area contributed by atoms with Crippen molar-refractivity contribution in [1.82, 2.24) is 16.0 Å². The molecule has 3 N–H and O–H groups in total. The summed E-state index contributed by atoms with van der Waals surface area (Å²) in [4.78, 5) is 0. The van der Waals surface area contributed by atoms with Gasteiger partial charge in [0.2, 0.25) is 0 Å². The SMILES string of the molecule is CC(C)C1CNC(OCC2CSCN2)CN1. The van der Waals surface area contributed by atoms with Crippen LogP contribution in [-0.4, -0.2) is 49.6 Å². The summed E-state index contributed by atoms with van der Waals surface area (Å²) in [6.45, 7) is 7.25. The molecule has 4 nitrogen and oxygen atoms in total. The molecule has 0 aromatic heterocycles. The number of hydrogen-bond acceptors (Lipinski definition) is 5. The van der Waals surface area contributed by atoms with Gasteiger partial charge in [-0.3, -0.25) is 5.32 Å². The van der Waals surface area contributed by atoms with E-state index < -0.39 is 0 Å². The average molecular weight is 245 g/mol. The van der Waals surface area contributed by atoms with Crippen LogP contribution in [0.3, 0.4) is 0 Å². The summed E-state index contributed by atoms with van der Waals surface area (Å²) in [5.74, 6) is 2.93. The van der Waals surface area contributed by atoms with Crippen LogP contribution in [0.2, 0.25) is 0 Å². The Morgan fingerprint density at radius 3 is 2.69 bits per heavy atom. The Morgan fingerprint density at radius 1 is 1.25 bits per heavy atom. The summed E-state index contributed by atoms with van der Waals surface area (Å²) < 4.78 is 5.85. The molecular weight excluding hydrogens is 222 g/mol. The van der Waals surface area contributed by atoms with Crippen molar-refractivity contribution >= 4 is 11.8 Å². The molecule has 2 aliphatic heterocycles. The maximum atomic E-state index is 5.85. The highest BCUT2D eigenvalue weighted by molar-refractivity contribution is 7.99. The Labute approximate surface area is 102 Å². The standard InChI is InChI=1S/C11H23N3OS/c1-8(2)10-3-13-11(4-12-10)15-5-9-6-16-7-14-9/h8-14H,3-7H2,1-2H3. The van der Waals surface area contributed by atoms with Crippen LogP contribution < -0.4 is 16.0 Å². The zero-order valence-electron chi connectivity index (χ0n) is 10.2. The largest absolute Gasteiger partial charge is 0.360 e. The van der Waals surface area contributed by atoms with E-state index in [0.717, 1.165) is 25.6 Å². The molecule has 0 saturated carbocycles. The predicted molar refractivity (Wildman–Crippen MR) is 68.6 cm³/mol. The second-order valence-corrected chi connectivity index (χ2v) is 5.94. The second kappa shape index (κ2) is 6.21. The Balaban J connectivity index is 1.61. The van der Waals surface area contributed by atoms with E-state index in [1.54, 1.807) is 0 Å². The molecule has 0 radical (unpaired) electrons. The lowest BCUT2D eigenvalue weighted by Gasteiger charge is -2.33. The summed E-state index contributed by atoms with van der Waals surface area (Å²) in [6.07, 6.45) is 0.183. The predicted octanol–water partition coefficient (Wildman–Crippen LogP) is 0.209. The van der Waals surface area contributed by atoms with E-state index in [0.29, 0.717) is 18.0 Å². The summed E-state index contributed by atoms with van der Waals surface area (Å²) in [6, 6.07) is 1.12. The molecule has 2 fully saturated rings. The third-order valence-corrected chi connectivity index (χ3v) is 4.24. The highest BCUT2D eigenvalue weighted by Crippen LogP contribution is 2.11. The van der Waals surface area contributed by atoms with Gasteiger partial charge in [0, 0.05) is 36.8 Å². The van der Waals surface area contributed by atoms with Gasteiger partial charge >= 0.3 is 0 Å². The Kier molecular flexibility index (Phi) is 4.91. The molecule has 0 aromatic rings. The smallest absolute Gasteiger partial charge is 0.120 e. The minimum Gasteiger partial charge on any atom is -0.360 e. The van der Waals surface area contributed by atoms with Crippen molar-refractivity contribution in [2.75, 3.05) is 31.3 Å². The first-order valence-corrected chi connectivity index (χ1v) is 7.30. The first-order chi connectivity index (χ1) is 7.75. The second-order valence-electron chi connectivity index (χ2n) is 4.91. The Hall–Kier alpha value is 0.190. The highest BCUT2D eigenvalue weighted by atomic mass is 32.2. The van der Waals surface area contributed by atoms with Gasteiger partial charge in [-0.1, -0.05) is 13.8 Å². The summed E-state index contributed by atoms with van der Waals surface area (Å²) >= 11 is 1.95. The molecular formula is C11H23N3OS. The van der Waals surface area contributed by atoms with E-state index in [-0.39, 0.29) is 6.23 Å². The van der Waals surface area contributed by atoms with Gasteiger partial charge in [-0.25, -0.2) is 0 Å². The third kappa shape index (κ3) is 3.60. The monoisotopic (exact) mass is 245 g/mol. The first-order valence-electron chi connectivity index (χ1n) is 6.15. The van der Waals surface area contributed by atoms with Crippen LogP contribution in [-0.2, 0) is 4.74 Å². The average Bonchev–Trinajstić information content (AvgIpc) is 2.80. The van der Waals surface area contributed by atoms with Crippen LogP contribution in [0.1, 0.15) is 13.8 Å². The van der Waals surface area contributed by atoms with Gasteiger partial charge in [0.1, 0.15) is 6.23 Å². The van der Waals surface area contributed by atoms with Crippen LogP contribution in [0.15, 0.2) is 0 Å². The molecule has 0 spiro atoms. The van der Waals surface area contributed by atoms with Crippen molar-refractivity contribution in [3.05, 3.63) is 0 Å². The highest BCUT2D eigenvalue weighted by Gasteiger charge is 2.23. The topological polar surface area (TPSA) is 45.3 Å². The summed E-state index contributed by atoms with van der Waals surface area (Å²) in [5.41, 5.74) is 0. The van der Waals surface area contributed by atoms with E-state index in [1.165, 1.54) is 5.75 Å². The first kappa shape index (κ1) is 12.6. The van der Waals surface area contributed by atoms with Gasteiger partial charge in [-0.2, -0.15) is 0 Å². The van der Waals surface area contributed by atoms with E-state index in [2.05, 4.69) is 29.8 Å². The van der Waals surface area contributed by atoms with Crippen molar-refractivity contribution in [3.63, 3.8) is 0 Å². The fourth-order valence-corrected chi connectivity index (χ4v) is 3.00. The van der Waals surface area contributed by atoms with Crippen LogP contribution in [0.5, 0.6) is 0 Å². The van der Waals surface area contributed by atoms with Gasteiger partial charge in [-0.15, -0.1) is 11.8 Å². The number of piperazine rings is 1. The third-order valence-electron chi connectivity index (χ3n) is 3.23. The maximum Gasteiger partial charge on any atom is 0.120 e. The molecule has 94 valence electrons. The van der Waals surface area contributed by atoms with Gasteiger partial charge in [0.25, 0.3) is 0 Å². The van der Waals surface area contributed by atoms with Crippen LogP contribution >= 0.6 is 11.8 Å². The molecule has 3 unspecified atom stereocenters. The Morgan fingerprint density at radius 2 is 2.12 bits per heavy atom. The molecule has 16 heavy (non-hydrogen) atoms. The zero-order valence-corrected chi connectivity index (χ0v) is 11.0. The molecule has 0 amide bonds. The summed E-state index contributed by atoms with van der Waals surface area (Å²) in [5, 5.41) is 10.4. The lowest BCUT2D eigenvalue weighted by Crippen LogP contribution is -2.57. The minimum atomic E-state index is 0.183. The number of rotatable bonds is 4. The normalized spacial score (nSPS) is 35.8. The molecule has 0 bridgehead atoms. The van der Waals surface area contributed by atoms with Crippen molar-refractivity contribution in [1.29, 1.82) is 0 Å². The molecule has 2 saturated heterocycles. The van der Waals surface area contributed by atoms with Crippen molar-refractivity contribution in [2.24, 2.45) is 5.92 Å². The van der Waals surface area contributed by atoms with Crippen LogP contribution in [0.25, 0.3) is 0 Å². The number of hydrogen-bond donors (Lipinski definition) is 3. The number of thioether (sulfide) groups is 1. The number of nitrogens with one attached hydrogen (secondary N) is 3. The van der Waals surface area contributed by atoms with E-state index in [1.807, 2.05) is 11.8 Å². The van der Waals surface area contributed by atoms with Crippen molar-refractivity contribution in [2.45, 2.75) is 32.2 Å². The van der Waals surface area contributed by atoms with Crippen molar-refractivity contribution in [3.8, 4) is 0 Å². The van der Waals surface area contributed by atoms with E-state index >= 15 is 0 Å². The molecule has 3 atom stereocenters.